The largest absolute Gasteiger partial charge is 0.355 e. The Labute approximate surface area is 146 Å². The Bertz CT molecular complexity index is 734. The number of piperidine rings is 1. The molecule has 0 spiro atoms. The molecule has 1 fully saturated rings. The quantitative estimate of drug-likeness (QED) is 0.734. The van der Waals surface area contributed by atoms with Crippen LogP contribution in [0.15, 0.2) is 30.5 Å². The monoisotopic (exact) mass is 342 g/mol. The van der Waals surface area contributed by atoms with Crippen molar-refractivity contribution in [2.24, 2.45) is 0 Å². The number of nitrogens with zero attached hydrogens (tertiary/aromatic N) is 3. The van der Waals surface area contributed by atoms with Crippen LogP contribution in [-0.2, 0) is 6.54 Å². The Morgan fingerprint density at radius 1 is 1.20 bits per heavy atom. The summed E-state index contributed by atoms with van der Waals surface area (Å²) in [6.07, 6.45) is 3.68. The number of aromatic nitrogens is 3. The molecule has 3 rings (SSSR count). The molecule has 0 radical (unpaired) electrons. The van der Waals surface area contributed by atoms with Crippen molar-refractivity contribution in [3.05, 3.63) is 47.3 Å². The lowest BCUT2D eigenvalue weighted by Gasteiger charge is -2.22. The van der Waals surface area contributed by atoms with E-state index in [1.54, 1.807) is 30.1 Å². The van der Waals surface area contributed by atoms with Crippen molar-refractivity contribution in [3.63, 3.8) is 0 Å². The number of carbonyl (C=O) groups excluding carboxylic acids is 2. The summed E-state index contributed by atoms with van der Waals surface area (Å²) in [5.41, 5.74) is 1.81. The van der Waals surface area contributed by atoms with Crippen LogP contribution in [0.5, 0.6) is 0 Å². The van der Waals surface area contributed by atoms with E-state index in [0.29, 0.717) is 23.8 Å². The Balaban J connectivity index is 1.55. The number of rotatable bonds is 5. The van der Waals surface area contributed by atoms with Gasteiger partial charge < -0.3 is 16.0 Å². The number of hydrogen-bond acceptors (Lipinski definition) is 5. The van der Waals surface area contributed by atoms with Crippen LogP contribution in [0.25, 0.3) is 0 Å². The zero-order valence-corrected chi connectivity index (χ0v) is 14.2. The highest BCUT2D eigenvalue weighted by atomic mass is 16.2. The minimum atomic E-state index is -0.254. The fourth-order valence-electron chi connectivity index (χ4n) is 2.82. The summed E-state index contributed by atoms with van der Waals surface area (Å²) in [5.74, 6) is -0.388. The predicted octanol–water partition coefficient (Wildman–Crippen LogP) is 0.492. The zero-order valence-electron chi connectivity index (χ0n) is 14.2. The van der Waals surface area contributed by atoms with Crippen molar-refractivity contribution < 1.29 is 9.59 Å². The topological polar surface area (TPSA) is 101 Å². The Kier molecular flexibility index (Phi) is 5.39. The van der Waals surface area contributed by atoms with Crippen molar-refractivity contribution >= 4 is 11.8 Å². The van der Waals surface area contributed by atoms with Gasteiger partial charge in [0.15, 0.2) is 5.69 Å². The second-order valence-corrected chi connectivity index (χ2v) is 6.02. The van der Waals surface area contributed by atoms with E-state index in [1.807, 2.05) is 12.1 Å². The number of carbonyl (C=O) groups is 2. The molecular weight excluding hydrogens is 320 g/mol. The van der Waals surface area contributed by atoms with Crippen molar-refractivity contribution in [1.82, 2.24) is 30.9 Å². The lowest BCUT2D eigenvalue weighted by molar-refractivity contribution is 0.0942. The van der Waals surface area contributed by atoms with Crippen LogP contribution in [0.2, 0.25) is 0 Å². The summed E-state index contributed by atoms with van der Waals surface area (Å²) >= 11 is 0. The molecule has 1 aromatic heterocycles. The standard InChI is InChI=1S/C17H22N6O2/c1-18-16(24)13-4-2-12(3-5-13)10-20-17(25)15-11-23(22-21-15)14-6-8-19-9-7-14/h2-5,11,14,19H,6-10H2,1H3,(H,18,24)(H,20,25). The molecule has 1 aliphatic rings. The molecule has 0 unspecified atom stereocenters. The predicted molar refractivity (Wildman–Crippen MR) is 92.2 cm³/mol. The van der Waals surface area contributed by atoms with Gasteiger partial charge in [-0.3, -0.25) is 9.59 Å². The average molecular weight is 342 g/mol. The zero-order chi connectivity index (χ0) is 17.6. The van der Waals surface area contributed by atoms with E-state index >= 15 is 0 Å². The lowest BCUT2D eigenvalue weighted by atomic mass is 10.1. The maximum absolute atomic E-state index is 12.2. The molecule has 132 valence electrons. The van der Waals surface area contributed by atoms with Crippen LogP contribution in [0.1, 0.15) is 45.3 Å². The molecule has 0 aliphatic carbocycles. The molecule has 8 nitrogen and oxygen atoms in total. The summed E-state index contributed by atoms with van der Waals surface area (Å²) in [6, 6.07) is 7.39. The van der Waals surface area contributed by atoms with Gasteiger partial charge in [-0.1, -0.05) is 17.3 Å². The first-order valence-corrected chi connectivity index (χ1v) is 8.39. The second-order valence-electron chi connectivity index (χ2n) is 6.02. The van der Waals surface area contributed by atoms with Gasteiger partial charge in [0, 0.05) is 19.2 Å². The van der Waals surface area contributed by atoms with Crippen molar-refractivity contribution in [2.45, 2.75) is 25.4 Å². The fourth-order valence-corrected chi connectivity index (χ4v) is 2.82. The maximum atomic E-state index is 12.2. The van der Waals surface area contributed by atoms with Crippen LogP contribution in [-0.4, -0.2) is 46.9 Å². The van der Waals surface area contributed by atoms with E-state index in [-0.39, 0.29) is 11.8 Å². The summed E-state index contributed by atoms with van der Waals surface area (Å²) in [7, 11) is 1.59. The van der Waals surface area contributed by atoms with Gasteiger partial charge >= 0.3 is 0 Å². The third-order valence-corrected chi connectivity index (χ3v) is 4.32. The van der Waals surface area contributed by atoms with E-state index in [4.69, 9.17) is 0 Å². The fraction of sp³-hybridized carbons (Fsp3) is 0.412. The molecule has 25 heavy (non-hydrogen) atoms. The SMILES string of the molecule is CNC(=O)c1ccc(CNC(=O)c2cn(C3CCNCC3)nn2)cc1. The third-order valence-electron chi connectivity index (χ3n) is 4.32. The van der Waals surface area contributed by atoms with E-state index in [2.05, 4.69) is 26.3 Å². The molecule has 2 amide bonds. The van der Waals surface area contributed by atoms with Gasteiger partial charge in [0.2, 0.25) is 0 Å². The highest BCUT2D eigenvalue weighted by molar-refractivity contribution is 5.94. The van der Waals surface area contributed by atoms with E-state index in [1.165, 1.54) is 0 Å². The number of nitrogens with one attached hydrogen (secondary N) is 3. The van der Waals surface area contributed by atoms with Gasteiger partial charge in [0.1, 0.15) is 0 Å². The lowest BCUT2D eigenvalue weighted by Crippen LogP contribution is -2.29. The third kappa shape index (κ3) is 4.21. The molecule has 1 aliphatic heterocycles. The van der Waals surface area contributed by atoms with E-state index in [0.717, 1.165) is 31.5 Å². The summed E-state index contributed by atoms with van der Waals surface area (Å²) in [4.78, 5) is 23.7. The van der Waals surface area contributed by atoms with E-state index in [9.17, 15) is 9.59 Å². The molecule has 8 heteroatoms. The minimum absolute atomic E-state index is 0.134. The summed E-state index contributed by atoms with van der Waals surface area (Å²) in [6.45, 7) is 2.28. The van der Waals surface area contributed by atoms with Crippen molar-refractivity contribution in [2.75, 3.05) is 20.1 Å². The van der Waals surface area contributed by atoms with Gasteiger partial charge in [-0.25, -0.2) is 4.68 Å². The van der Waals surface area contributed by atoms with Crippen LogP contribution < -0.4 is 16.0 Å². The molecule has 2 aromatic rings. The molecular formula is C17H22N6O2. The van der Waals surface area contributed by atoms with Crippen molar-refractivity contribution in [1.29, 1.82) is 0 Å². The molecule has 0 atom stereocenters. The van der Waals surface area contributed by atoms with Crippen LogP contribution >= 0.6 is 0 Å². The van der Waals surface area contributed by atoms with Gasteiger partial charge in [-0.2, -0.15) is 0 Å². The number of hydrogen-bond donors (Lipinski definition) is 3. The van der Waals surface area contributed by atoms with Crippen LogP contribution in [0, 0.1) is 0 Å². The normalized spacial score (nSPS) is 14.9. The number of amides is 2. The molecule has 1 saturated heterocycles. The first-order chi connectivity index (χ1) is 12.2. The van der Waals surface area contributed by atoms with Crippen LogP contribution in [0.4, 0.5) is 0 Å². The molecule has 1 aromatic carbocycles. The van der Waals surface area contributed by atoms with Gasteiger partial charge in [0.05, 0.1) is 12.2 Å². The Hall–Kier alpha value is -2.74. The Morgan fingerprint density at radius 2 is 1.92 bits per heavy atom. The minimum Gasteiger partial charge on any atom is -0.355 e. The Morgan fingerprint density at radius 3 is 2.60 bits per heavy atom. The first kappa shape index (κ1) is 17.1. The molecule has 0 bridgehead atoms. The molecule has 0 saturated carbocycles. The number of benzene rings is 1. The molecule has 2 heterocycles. The van der Waals surface area contributed by atoms with E-state index < -0.39 is 0 Å². The van der Waals surface area contributed by atoms with Gasteiger partial charge in [0.25, 0.3) is 11.8 Å². The molecule has 3 N–H and O–H groups in total. The van der Waals surface area contributed by atoms with Gasteiger partial charge in [-0.05, 0) is 43.6 Å². The first-order valence-electron chi connectivity index (χ1n) is 8.39. The second kappa shape index (κ2) is 7.89. The highest BCUT2D eigenvalue weighted by Gasteiger charge is 2.18. The summed E-state index contributed by atoms with van der Waals surface area (Å²) in [5, 5.41) is 16.8. The van der Waals surface area contributed by atoms with Crippen LogP contribution in [0.3, 0.4) is 0 Å². The smallest absolute Gasteiger partial charge is 0.273 e. The van der Waals surface area contributed by atoms with Gasteiger partial charge in [-0.15, -0.1) is 5.10 Å². The average Bonchev–Trinajstić information content (AvgIpc) is 3.17. The highest BCUT2D eigenvalue weighted by Crippen LogP contribution is 2.17. The maximum Gasteiger partial charge on any atom is 0.273 e. The van der Waals surface area contributed by atoms with Crippen molar-refractivity contribution in [3.8, 4) is 0 Å². The summed E-state index contributed by atoms with van der Waals surface area (Å²) < 4.78 is 1.79.